The first-order valence-electron chi connectivity index (χ1n) is 7.20. The maximum atomic E-state index is 12.1. The summed E-state index contributed by atoms with van der Waals surface area (Å²) in [6, 6.07) is 7.87. The van der Waals surface area contributed by atoms with Crippen LogP contribution in [0.5, 0.6) is 5.75 Å². The molecule has 1 N–H and O–H groups in total. The Morgan fingerprint density at radius 3 is 2.70 bits per heavy atom. The second-order valence-corrected chi connectivity index (χ2v) is 5.79. The summed E-state index contributed by atoms with van der Waals surface area (Å²) in [5.41, 5.74) is 1.02. The molecule has 1 heterocycles. The SMILES string of the molecule is COc1ccccc1C1NCC(=O)N1CC(C)C(C)C. The molecule has 1 aromatic carbocycles. The molecule has 2 unspecified atom stereocenters. The lowest BCUT2D eigenvalue weighted by atomic mass is 9.97. The van der Waals surface area contributed by atoms with Crippen LogP contribution in [0.3, 0.4) is 0 Å². The number of para-hydroxylation sites is 1. The van der Waals surface area contributed by atoms with E-state index < -0.39 is 0 Å². The van der Waals surface area contributed by atoms with Gasteiger partial charge in [-0.3, -0.25) is 10.1 Å². The van der Waals surface area contributed by atoms with E-state index >= 15 is 0 Å². The third-order valence-electron chi connectivity index (χ3n) is 4.13. The van der Waals surface area contributed by atoms with Gasteiger partial charge < -0.3 is 9.64 Å². The molecule has 4 nitrogen and oxygen atoms in total. The number of benzene rings is 1. The van der Waals surface area contributed by atoms with E-state index in [1.54, 1.807) is 7.11 Å². The van der Waals surface area contributed by atoms with Crippen molar-refractivity contribution in [1.82, 2.24) is 10.2 Å². The number of ether oxygens (including phenoxy) is 1. The largest absolute Gasteiger partial charge is 0.496 e. The summed E-state index contributed by atoms with van der Waals surface area (Å²) in [6.45, 7) is 7.74. The zero-order chi connectivity index (χ0) is 14.7. The van der Waals surface area contributed by atoms with Crippen LogP contribution in [0.25, 0.3) is 0 Å². The fourth-order valence-corrected chi connectivity index (χ4v) is 2.44. The highest BCUT2D eigenvalue weighted by Gasteiger charge is 2.34. The van der Waals surface area contributed by atoms with Crippen LogP contribution in [-0.4, -0.2) is 31.0 Å². The van der Waals surface area contributed by atoms with Crippen LogP contribution in [0, 0.1) is 11.8 Å². The molecule has 110 valence electrons. The zero-order valence-corrected chi connectivity index (χ0v) is 12.7. The predicted octanol–water partition coefficient (Wildman–Crippen LogP) is 2.42. The topological polar surface area (TPSA) is 41.6 Å². The van der Waals surface area contributed by atoms with Crippen LogP contribution >= 0.6 is 0 Å². The van der Waals surface area contributed by atoms with Crippen molar-refractivity contribution < 1.29 is 9.53 Å². The van der Waals surface area contributed by atoms with Gasteiger partial charge in [-0.2, -0.15) is 0 Å². The third kappa shape index (κ3) is 2.96. The van der Waals surface area contributed by atoms with Crippen molar-refractivity contribution >= 4 is 5.91 Å². The molecule has 0 aromatic heterocycles. The number of nitrogens with zero attached hydrogens (tertiary/aromatic N) is 1. The van der Waals surface area contributed by atoms with E-state index in [9.17, 15) is 4.79 Å². The van der Waals surface area contributed by atoms with E-state index in [2.05, 4.69) is 26.1 Å². The second kappa shape index (κ2) is 6.27. The standard InChI is InChI=1S/C16H24N2O2/c1-11(2)12(3)10-18-15(19)9-17-16(18)13-7-5-6-8-14(13)20-4/h5-8,11-12,16-17H,9-10H2,1-4H3. The van der Waals surface area contributed by atoms with E-state index in [1.165, 1.54) is 0 Å². The molecule has 2 rings (SSSR count). The van der Waals surface area contributed by atoms with E-state index in [0.717, 1.165) is 17.9 Å². The van der Waals surface area contributed by atoms with Crippen LogP contribution < -0.4 is 10.1 Å². The Kier molecular flexibility index (Phi) is 4.65. The van der Waals surface area contributed by atoms with Gasteiger partial charge in [0.15, 0.2) is 0 Å². The Balaban J connectivity index is 2.23. The first-order chi connectivity index (χ1) is 9.54. The van der Waals surface area contributed by atoms with E-state index in [0.29, 0.717) is 18.4 Å². The van der Waals surface area contributed by atoms with Gasteiger partial charge in [0.2, 0.25) is 5.91 Å². The van der Waals surface area contributed by atoms with Gasteiger partial charge >= 0.3 is 0 Å². The molecule has 1 amide bonds. The number of carbonyl (C=O) groups excluding carboxylic acids is 1. The van der Waals surface area contributed by atoms with Crippen molar-refractivity contribution in [2.45, 2.75) is 26.9 Å². The van der Waals surface area contributed by atoms with Crippen molar-refractivity contribution in [3.63, 3.8) is 0 Å². The van der Waals surface area contributed by atoms with Gasteiger partial charge in [0, 0.05) is 12.1 Å². The summed E-state index contributed by atoms with van der Waals surface area (Å²) in [4.78, 5) is 14.1. The lowest BCUT2D eigenvalue weighted by Gasteiger charge is -2.29. The summed E-state index contributed by atoms with van der Waals surface area (Å²) >= 11 is 0. The highest BCUT2D eigenvalue weighted by molar-refractivity contribution is 5.81. The molecule has 0 bridgehead atoms. The number of nitrogens with one attached hydrogen (secondary N) is 1. The van der Waals surface area contributed by atoms with Crippen LogP contribution in [0.2, 0.25) is 0 Å². The zero-order valence-electron chi connectivity index (χ0n) is 12.7. The highest BCUT2D eigenvalue weighted by Crippen LogP contribution is 2.31. The molecule has 0 aliphatic carbocycles. The molecule has 1 aromatic rings. The van der Waals surface area contributed by atoms with E-state index in [4.69, 9.17) is 4.74 Å². The molecular formula is C16H24N2O2. The minimum atomic E-state index is -0.0835. The van der Waals surface area contributed by atoms with Crippen molar-refractivity contribution in [3.8, 4) is 5.75 Å². The Hall–Kier alpha value is -1.55. The Morgan fingerprint density at radius 1 is 1.35 bits per heavy atom. The second-order valence-electron chi connectivity index (χ2n) is 5.79. The molecular weight excluding hydrogens is 252 g/mol. The van der Waals surface area contributed by atoms with Crippen LogP contribution in [0.1, 0.15) is 32.5 Å². The minimum Gasteiger partial charge on any atom is -0.496 e. The fraction of sp³-hybridized carbons (Fsp3) is 0.562. The molecule has 0 spiro atoms. The van der Waals surface area contributed by atoms with Crippen molar-refractivity contribution in [2.24, 2.45) is 11.8 Å². The van der Waals surface area contributed by atoms with E-state index in [-0.39, 0.29) is 12.1 Å². The number of methoxy groups -OCH3 is 1. The summed E-state index contributed by atoms with van der Waals surface area (Å²) in [6.07, 6.45) is -0.0835. The maximum absolute atomic E-state index is 12.1. The number of hydrogen-bond acceptors (Lipinski definition) is 3. The van der Waals surface area contributed by atoms with Gasteiger partial charge in [-0.15, -0.1) is 0 Å². The van der Waals surface area contributed by atoms with Gasteiger partial charge in [0.1, 0.15) is 11.9 Å². The average Bonchev–Trinajstić information content (AvgIpc) is 2.80. The quantitative estimate of drug-likeness (QED) is 0.898. The molecule has 0 saturated carbocycles. The van der Waals surface area contributed by atoms with Crippen LogP contribution in [-0.2, 0) is 4.79 Å². The summed E-state index contributed by atoms with van der Waals surface area (Å²) in [5.74, 6) is 2.01. The highest BCUT2D eigenvalue weighted by atomic mass is 16.5. The molecule has 0 radical (unpaired) electrons. The van der Waals surface area contributed by atoms with Gasteiger partial charge in [0.25, 0.3) is 0 Å². The molecule has 4 heteroatoms. The minimum absolute atomic E-state index is 0.0835. The number of amides is 1. The summed E-state index contributed by atoms with van der Waals surface area (Å²) < 4.78 is 5.42. The molecule has 20 heavy (non-hydrogen) atoms. The predicted molar refractivity (Wildman–Crippen MR) is 79.5 cm³/mol. The Labute approximate surface area is 121 Å². The van der Waals surface area contributed by atoms with Crippen LogP contribution in [0.15, 0.2) is 24.3 Å². The molecule has 2 atom stereocenters. The first kappa shape index (κ1) is 14.9. The molecule has 1 fully saturated rings. The average molecular weight is 276 g/mol. The number of rotatable bonds is 5. The lowest BCUT2D eigenvalue weighted by Crippen LogP contribution is -2.35. The monoisotopic (exact) mass is 276 g/mol. The van der Waals surface area contributed by atoms with Crippen molar-refractivity contribution in [2.75, 3.05) is 20.2 Å². The smallest absolute Gasteiger partial charge is 0.238 e. The van der Waals surface area contributed by atoms with Crippen molar-refractivity contribution in [1.29, 1.82) is 0 Å². The van der Waals surface area contributed by atoms with Gasteiger partial charge in [-0.1, -0.05) is 39.0 Å². The fourth-order valence-electron chi connectivity index (χ4n) is 2.44. The first-order valence-corrected chi connectivity index (χ1v) is 7.20. The van der Waals surface area contributed by atoms with Gasteiger partial charge in [0.05, 0.1) is 13.7 Å². The van der Waals surface area contributed by atoms with E-state index in [1.807, 2.05) is 29.2 Å². The molecule has 1 aliphatic heterocycles. The third-order valence-corrected chi connectivity index (χ3v) is 4.13. The summed E-state index contributed by atoms with van der Waals surface area (Å²) in [5, 5.41) is 3.29. The number of hydrogen-bond donors (Lipinski definition) is 1. The normalized spacial score (nSPS) is 20.6. The van der Waals surface area contributed by atoms with Crippen LogP contribution in [0.4, 0.5) is 0 Å². The Morgan fingerprint density at radius 2 is 2.05 bits per heavy atom. The lowest BCUT2D eigenvalue weighted by molar-refractivity contribution is -0.128. The molecule has 1 aliphatic rings. The summed E-state index contributed by atoms with van der Waals surface area (Å²) in [7, 11) is 1.66. The maximum Gasteiger partial charge on any atom is 0.238 e. The van der Waals surface area contributed by atoms with Crippen molar-refractivity contribution in [3.05, 3.63) is 29.8 Å². The Bertz CT molecular complexity index is 473. The van der Waals surface area contributed by atoms with Gasteiger partial charge in [-0.05, 0) is 17.9 Å². The molecule has 1 saturated heterocycles. The number of carbonyl (C=O) groups is 1. The van der Waals surface area contributed by atoms with Gasteiger partial charge in [-0.25, -0.2) is 0 Å².